The van der Waals surface area contributed by atoms with Gasteiger partial charge in [-0.3, -0.25) is 0 Å². The highest BCUT2D eigenvalue weighted by Crippen LogP contribution is 2.28. The Kier molecular flexibility index (Phi) is 5.39. The van der Waals surface area contributed by atoms with Crippen LogP contribution in [0.3, 0.4) is 0 Å². The van der Waals surface area contributed by atoms with Crippen LogP contribution in [0.1, 0.15) is 17.0 Å². The van der Waals surface area contributed by atoms with Crippen molar-refractivity contribution in [1.29, 1.82) is 0 Å². The smallest absolute Gasteiger partial charge is 0.330 e. The van der Waals surface area contributed by atoms with Crippen LogP contribution in [0.5, 0.6) is 5.75 Å². The molecule has 0 aliphatic heterocycles. The highest BCUT2D eigenvalue weighted by Gasteiger charge is 2.13. The van der Waals surface area contributed by atoms with Crippen molar-refractivity contribution in [3.05, 3.63) is 41.5 Å². The molecule has 98 valence electrons. The molecule has 1 aromatic rings. The second kappa shape index (κ2) is 6.81. The first-order valence-corrected chi connectivity index (χ1v) is 5.64. The van der Waals surface area contributed by atoms with E-state index in [9.17, 15) is 9.90 Å². The van der Waals surface area contributed by atoms with Crippen molar-refractivity contribution in [2.45, 2.75) is 12.8 Å². The lowest BCUT2D eigenvalue weighted by Gasteiger charge is -2.15. The largest absolute Gasteiger partial charge is 0.496 e. The summed E-state index contributed by atoms with van der Waals surface area (Å²) in [7, 11) is 2.89. The third-order valence-electron chi connectivity index (χ3n) is 2.65. The summed E-state index contributed by atoms with van der Waals surface area (Å²) in [5, 5.41) is 9.42. The maximum Gasteiger partial charge on any atom is 0.330 e. The molecule has 0 radical (unpaired) electrons. The van der Waals surface area contributed by atoms with Crippen molar-refractivity contribution >= 4 is 5.97 Å². The van der Waals surface area contributed by atoms with Crippen LogP contribution in [0.15, 0.2) is 30.4 Å². The zero-order valence-corrected chi connectivity index (χ0v) is 10.8. The second-order valence-corrected chi connectivity index (χ2v) is 3.92. The van der Waals surface area contributed by atoms with Crippen LogP contribution in [0.25, 0.3) is 0 Å². The van der Waals surface area contributed by atoms with E-state index in [1.807, 2.05) is 25.1 Å². The molecule has 0 unspecified atom stereocenters. The van der Waals surface area contributed by atoms with E-state index in [4.69, 9.17) is 4.74 Å². The molecule has 0 saturated carbocycles. The van der Waals surface area contributed by atoms with Crippen LogP contribution in [0, 0.1) is 6.92 Å². The van der Waals surface area contributed by atoms with Gasteiger partial charge in [0.1, 0.15) is 5.75 Å². The number of rotatable bonds is 5. The first-order valence-electron chi connectivity index (χ1n) is 5.64. The molecule has 0 amide bonds. The summed E-state index contributed by atoms with van der Waals surface area (Å²) >= 11 is 0. The molecule has 0 aliphatic carbocycles. The summed E-state index contributed by atoms with van der Waals surface area (Å²) in [6.07, 6.45) is 2.92. The Morgan fingerprint density at radius 1 is 1.44 bits per heavy atom. The minimum absolute atomic E-state index is 0.104. The summed E-state index contributed by atoms with van der Waals surface area (Å²) in [4.78, 5) is 11.1. The fourth-order valence-electron chi connectivity index (χ4n) is 1.67. The van der Waals surface area contributed by atoms with Gasteiger partial charge >= 0.3 is 5.97 Å². The Balaban J connectivity index is 3.04. The molecule has 4 nitrogen and oxygen atoms in total. The fraction of sp³-hybridized carbons (Fsp3) is 0.357. The van der Waals surface area contributed by atoms with E-state index in [1.165, 1.54) is 13.2 Å². The minimum Gasteiger partial charge on any atom is -0.496 e. The van der Waals surface area contributed by atoms with Crippen molar-refractivity contribution in [2.24, 2.45) is 0 Å². The van der Waals surface area contributed by atoms with Crippen molar-refractivity contribution in [3.8, 4) is 5.75 Å². The lowest BCUT2D eigenvalue weighted by atomic mass is 9.96. The normalized spacial score (nSPS) is 12.4. The number of aryl methyl sites for hydroxylation is 1. The number of carbonyl (C=O) groups is 1. The Bertz CT molecular complexity index is 437. The van der Waals surface area contributed by atoms with E-state index < -0.39 is 5.97 Å². The summed E-state index contributed by atoms with van der Waals surface area (Å²) in [5.74, 6) is -0.0480. The highest BCUT2D eigenvalue weighted by molar-refractivity contribution is 5.81. The predicted octanol–water partition coefficient (Wildman–Crippen LogP) is 1.81. The first-order chi connectivity index (χ1) is 8.62. The van der Waals surface area contributed by atoms with E-state index in [2.05, 4.69) is 4.74 Å². The molecule has 1 atom stereocenters. The molecule has 0 fully saturated rings. The second-order valence-electron chi connectivity index (χ2n) is 3.92. The number of hydrogen-bond donors (Lipinski definition) is 1. The average molecular weight is 250 g/mol. The minimum atomic E-state index is -0.444. The number of esters is 1. The van der Waals surface area contributed by atoms with Gasteiger partial charge in [-0.2, -0.15) is 0 Å². The van der Waals surface area contributed by atoms with Crippen LogP contribution >= 0.6 is 0 Å². The molecule has 0 aliphatic rings. The third-order valence-corrected chi connectivity index (χ3v) is 2.65. The number of methoxy groups -OCH3 is 2. The van der Waals surface area contributed by atoms with Gasteiger partial charge in [-0.1, -0.05) is 23.8 Å². The van der Waals surface area contributed by atoms with Gasteiger partial charge < -0.3 is 14.6 Å². The van der Waals surface area contributed by atoms with E-state index in [0.29, 0.717) is 5.75 Å². The number of aliphatic hydroxyl groups is 1. The number of ether oxygens (including phenoxy) is 2. The molecule has 0 heterocycles. The quantitative estimate of drug-likeness (QED) is 0.639. The van der Waals surface area contributed by atoms with Crippen LogP contribution in [-0.4, -0.2) is 31.9 Å². The number of benzene rings is 1. The zero-order chi connectivity index (χ0) is 13.5. The number of hydrogen-bond acceptors (Lipinski definition) is 4. The summed E-state index contributed by atoms with van der Waals surface area (Å²) in [6, 6.07) is 5.71. The topological polar surface area (TPSA) is 55.8 Å². The summed E-state index contributed by atoms with van der Waals surface area (Å²) < 4.78 is 9.78. The van der Waals surface area contributed by atoms with E-state index in [-0.39, 0.29) is 12.5 Å². The lowest BCUT2D eigenvalue weighted by molar-refractivity contribution is -0.134. The molecular weight excluding hydrogens is 232 g/mol. The molecule has 0 aromatic heterocycles. The molecule has 1 N–H and O–H groups in total. The molecule has 4 heteroatoms. The Morgan fingerprint density at radius 3 is 2.72 bits per heavy atom. The van der Waals surface area contributed by atoms with Gasteiger partial charge in [0.15, 0.2) is 0 Å². The molecule has 0 saturated heterocycles. The lowest BCUT2D eigenvalue weighted by Crippen LogP contribution is -2.05. The zero-order valence-electron chi connectivity index (χ0n) is 10.8. The van der Waals surface area contributed by atoms with Crippen LogP contribution in [0.4, 0.5) is 0 Å². The SMILES string of the molecule is COC(=O)/C=C/[C@H](CO)c1cc(C)ccc1OC. The fourth-order valence-corrected chi connectivity index (χ4v) is 1.67. The number of carbonyl (C=O) groups excluding carboxylic acids is 1. The van der Waals surface area contributed by atoms with E-state index in [0.717, 1.165) is 11.1 Å². The summed E-state index contributed by atoms with van der Waals surface area (Å²) in [5.41, 5.74) is 1.91. The van der Waals surface area contributed by atoms with Crippen molar-refractivity contribution < 1.29 is 19.4 Å². The molecule has 18 heavy (non-hydrogen) atoms. The van der Waals surface area contributed by atoms with Gasteiger partial charge in [-0.15, -0.1) is 0 Å². The van der Waals surface area contributed by atoms with Crippen molar-refractivity contribution in [1.82, 2.24) is 0 Å². The maximum absolute atomic E-state index is 11.1. The molecule has 0 bridgehead atoms. The van der Waals surface area contributed by atoms with Gasteiger partial charge in [0, 0.05) is 17.6 Å². The summed E-state index contributed by atoms with van der Waals surface area (Å²) in [6.45, 7) is 1.86. The predicted molar refractivity (Wildman–Crippen MR) is 68.7 cm³/mol. The molecule has 1 rings (SSSR count). The van der Waals surface area contributed by atoms with Crippen LogP contribution in [-0.2, 0) is 9.53 Å². The van der Waals surface area contributed by atoms with Gasteiger partial charge in [-0.25, -0.2) is 4.79 Å². The van der Waals surface area contributed by atoms with Crippen molar-refractivity contribution in [2.75, 3.05) is 20.8 Å². The van der Waals surface area contributed by atoms with E-state index in [1.54, 1.807) is 13.2 Å². The standard InChI is InChI=1S/C14H18O4/c1-10-4-6-13(17-2)12(8-10)11(9-15)5-7-14(16)18-3/h4-8,11,15H,9H2,1-3H3/b7-5+/t11-/m1/s1. The molecular formula is C14H18O4. The monoisotopic (exact) mass is 250 g/mol. The van der Waals surface area contributed by atoms with Gasteiger partial charge in [-0.05, 0) is 13.0 Å². The van der Waals surface area contributed by atoms with Crippen LogP contribution < -0.4 is 4.74 Å². The Hall–Kier alpha value is -1.81. The van der Waals surface area contributed by atoms with Crippen LogP contribution in [0.2, 0.25) is 0 Å². The van der Waals surface area contributed by atoms with Crippen molar-refractivity contribution in [3.63, 3.8) is 0 Å². The van der Waals surface area contributed by atoms with Gasteiger partial charge in [0.2, 0.25) is 0 Å². The molecule has 0 spiro atoms. The first kappa shape index (κ1) is 14.3. The average Bonchev–Trinajstić information content (AvgIpc) is 2.39. The Labute approximate surface area is 107 Å². The third kappa shape index (κ3) is 3.60. The molecule has 1 aromatic carbocycles. The number of aliphatic hydroxyl groups excluding tert-OH is 1. The van der Waals surface area contributed by atoms with Gasteiger partial charge in [0.25, 0.3) is 0 Å². The highest BCUT2D eigenvalue weighted by atomic mass is 16.5. The van der Waals surface area contributed by atoms with E-state index >= 15 is 0 Å². The Morgan fingerprint density at radius 2 is 2.17 bits per heavy atom. The van der Waals surface area contributed by atoms with Gasteiger partial charge in [0.05, 0.1) is 20.8 Å². The maximum atomic E-state index is 11.1.